The van der Waals surface area contributed by atoms with E-state index in [-0.39, 0.29) is 38.5 Å². The third-order valence-corrected chi connectivity index (χ3v) is 6.65. The van der Waals surface area contributed by atoms with E-state index in [0.29, 0.717) is 5.69 Å². The van der Waals surface area contributed by atoms with Gasteiger partial charge in [-0.15, -0.1) is 0 Å². The predicted molar refractivity (Wildman–Crippen MR) is 115 cm³/mol. The first-order valence-corrected chi connectivity index (χ1v) is 11.5. The molecule has 0 aliphatic carbocycles. The number of nitrogens with one attached hydrogen (secondary N) is 1. The van der Waals surface area contributed by atoms with Crippen molar-refractivity contribution in [2.75, 3.05) is 18.0 Å². The van der Waals surface area contributed by atoms with Crippen molar-refractivity contribution in [1.82, 2.24) is 4.72 Å². The summed E-state index contributed by atoms with van der Waals surface area (Å²) in [6, 6.07) is 8.53. The molecular formula is C21H20ClFN2O5S. The number of anilines is 1. The largest absolute Gasteiger partial charge is 0.490 e. The fourth-order valence-corrected chi connectivity index (χ4v) is 4.89. The van der Waals surface area contributed by atoms with Crippen LogP contribution in [0.25, 0.3) is 11.0 Å². The quantitative estimate of drug-likeness (QED) is 0.581. The zero-order valence-corrected chi connectivity index (χ0v) is 18.4. The molecule has 1 amide bonds. The molecule has 4 rings (SSSR count). The Hall–Kier alpha value is -2.78. The van der Waals surface area contributed by atoms with Crippen molar-refractivity contribution in [2.24, 2.45) is 0 Å². The second kappa shape index (κ2) is 8.05. The smallest absolute Gasteiger partial charge is 0.300 e. The minimum absolute atomic E-state index is 0.0117. The highest BCUT2D eigenvalue weighted by atomic mass is 35.5. The summed E-state index contributed by atoms with van der Waals surface area (Å²) in [6.07, 6.45) is 0.704. The number of furan rings is 1. The van der Waals surface area contributed by atoms with Crippen LogP contribution >= 0.6 is 11.6 Å². The van der Waals surface area contributed by atoms with Crippen LogP contribution in [0.15, 0.2) is 45.7 Å². The summed E-state index contributed by atoms with van der Waals surface area (Å²) in [5.41, 5.74) is 0.808. The van der Waals surface area contributed by atoms with Gasteiger partial charge < -0.3 is 14.1 Å². The molecular weight excluding hydrogens is 447 g/mol. The molecule has 1 fully saturated rings. The third-order valence-electron chi connectivity index (χ3n) is 4.81. The maximum absolute atomic E-state index is 14.5. The first-order valence-electron chi connectivity index (χ1n) is 9.66. The van der Waals surface area contributed by atoms with Crippen LogP contribution < -0.4 is 14.4 Å². The van der Waals surface area contributed by atoms with E-state index in [9.17, 15) is 17.6 Å². The van der Waals surface area contributed by atoms with Gasteiger partial charge in [0, 0.05) is 30.9 Å². The molecule has 1 aromatic heterocycles. The van der Waals surface area contributed by atoms with E-state index < -0.39 is 21.7 Å². The van der Waals surface area contributed by atoms with Gasteiger partial charge in [-0.3, -0.25) is 4.79 Å². The topological polar surface area (TPSA) is 88.8 Å². The number of hydrogen-bond acceptors (Lipinski definition) is 6. The number of sulfonamides is 1. The van der Waals surface area contributed by atoms with Crippen molar-refractivity contribution >= 4 is 44.2 Å². The van der Waals surface area contributed by atoms with Gasteiger partial charge in [0.15, 0.2) is 5.76 Å². The number of halogens is 2. The summed E-state index contributed by atoms with van der Waals surface area (Å²) >= 11 is 6.09. The number of carbonyl (C=O) groups is 1. The van der Waals surface area contributed by atoms with Crippen LogP contribution in [0.4, 0.5) is 10.1 Å². The molecule has 1 aliphatic rings. The van der Waals surface area contributed by atoms with Crippen LogP contribution in [0.1, 0.15) is 30.8 Å². The molecule has 0 bridgehead atoms. The zero-order valence-electron chi connectivity index (χ0n) is 16.8. The Labute approximate surface area is 183 Å². The Kier molecular flexibility index (Phi) is 5.57. The molecule has 0 unspecified atom stereocenters. The van der Waals surface area contributed by atoms with Crippen LogP contribution in [-0.4, -0.2) is 33.5 Å². The van der Waals surface area contributed by atoms with Gasteiger partial charge in [-0.25, -0.2) is 17.5 Å². The van der Waals surface area contributed by atoms with Crippen LogP contribution in [0.2, 0.25) is 5.02 Å². The SMILES string of the molecule is CC(C)Oc1cccc(Cl)c1S(=O)(=O)NC(=O)c1cc2c(F)cc(N3CCC3)cc2o1. The van der Waals surface area contributed by atoms with Gasteiger partial charge in [0.25, 0.3) is 10.0 Å². The molecule has 0 radical (unpaired) electrons. The van der Waals surface area contributed by atoms with E-state index >= 15 is 0 Å². The average molecular weight is 467 g/mol. The third kappa shape index (κ3) is 4.20. The second-order valence-corrected chi connectivity index (χ2v) is 9.49. The highest BCUT2D eigenvalue weighted by molar-refractivity contribution is 7.90. The van der Waals surface area contributed by atoms with E-state index in [0.717, 1.165) is 19.5 Å². The fraction of sp³-hybridized carbons (Fsp3) is 0.286. The molecule has 2 aromatic carbocycles. The summed E-state index contributed by atoms with van der Waals surface area (Å²) in [7, 11) is -4.40. The zero-order chi connectivity index (χ0) is 22.3. The number of fused-ring (bicyclic) bond motifs is 1. The van der Waals surface area contributed by atoms with Crippen LogP contribution in [0.5, 0.6) is 5.75 Å². The molecule has 0 spiro atoms. The number of rotatable bonds is 6. The first kappa shape index (κ1) is 21.5. The molecule has 7 nitrogen and oxygen atoms in total. The van der Waals surface area contributed by atoms with Crippen molar-refractivity contribution in [2.45, 2.75) is 31.3 Å². The minimum atomic E-state index is -4.40. The van der Waals surface area contributed by atoms with Gasteiger partial charge in [0.05, 0.1) is 16.5 Å². The van der Waals surface area contributed by atoms with E-state index in [1.165, 1.54) is 24.3 Å². The summed E-state index contributed by atoms with van der Waals surface area (Å²) in [6.45, 7) is 5.09. The number of amides is 1. The van der Waals surface area contributed by atoms with Gasteiger partial charge in [-0.05, 0) is 38.5 Å². The van der Waals surface area contributed by atoms with E-state index in [1.54, 1.807) is 26.0 Å². The van der Waals surface area contributed by atoms with Crippen molar-refractivity contribution in [3.05, 3.63) is 53.0 Å². The highest BCUT2D eigenvalue weighted by Gasteiger charge is 2.28. The lowest BCUT2D eigenvalue weighted by Crippen LogP contribution is -2.36. The highest BCUT2D eigenvalue weighted by Crippen LogP contribution is 2.33. The lowest BCUT2D eigenvalue weighted by atomic mass is 10.1. The van der Waals surface area contributed by atoms with Crippen molar-refractivity contribution in [1.29, 1.82) is 0 Å². The Bertz CT molecular complexity index is 1270. The van der Waals surface area contributed by atoms with Crippen LogP contribution in [-0.2, 0) is 10.0 Å². The van der Waals surface area contributed by atoms with E-state index in [2.05, 4.69) is 0 Å². The van der Waals surface area contributed by atoms with E-state index in [1.807, 2.05) is 9.62 Å². The second-order valence-electron chi connectivity index (χ2n) is 7.46. The van der Waals surface area contributed by atoms with Gasteiger partial charge >= 0.3 is 5.91 Å². The van der Waals surface area contributed by atoms with E-state index in [4.69, 9.17) is 20.8 Å². The molecule has 0 atom stereocenters. The van der Waals surface area contributed by atoms with Crippen molar-refractivity contribution in [3.8, 4) is 5.75 Å². The molecule has 31 heavy (non-hydrogen) atoms. The van der Waals surface area contributed by atoms with Gasteiger partial charge in [-0.1, -0.05) is 17.7 Å². The lowest BCUT2D eigenvalue weighted by Gasteiger charge is -2.33. The standard InChI is InChI=1S/C21H20ClFN2O5S/c1-12(2)29-17-6-3-5-15(22)20(17)31(27,28)24-21(26)19-11-14-16(23)9-13(10-18(14)30-19)25-7-4-8-25/h3,5-6,9-12H,4,7-8H2,1-2H3,(H,24,26). The Morgan fingerprint density at radius 2 is 2.00 bits per heavy atom. The van der Waals surface area contributed by atoms with Gasteiger partial charge in [0.2, 0.25) is 0 Å². The lowest BCUT2D eigenvalue weighted by molar-refractivity contribution is 0.0956. The normalized spacial score (nSPS) is 14.0. The summed E-state index contributed by atoms with van der Waals surface area (Å²) in [4.78, 5) is 14.3. The summed E-state index contributed by atoms with van der Waals surface area (Å²) in [5, 5.41) is -0.0123. The minimum Gasteiger partial charge on any atom is -0.490 e. The molecule has 3 aromatic rings. The Morgan fingerprint density at radius 3 is 2.65 bits per heavy atom. The molecule has 10 heteroatoms. The predicted octanol–water partition coefficient (Wildman–Crippen LogP) is 4.34. The number of ether oxygens (including phenoxy) is 1. The maximum atomic E-state index is 14.5. The van der Waals surface area contributed by atoms with Crippen molar-refractivity contribution in [3.63, 3.8) is 0 Å². The monoisotopic (exact) mass is 466 g/mol. The Balaban J connectivity index is 1.65. The molecule has 1 N–H and O–H groups in total. The number of benzene rings is 2. The summed E-state index contributed by atoms with van der Waals surface area (Å²) in [5.74, 6) is -1.92. The maximum Gasteiger partial charge on any atom is 0.300 e. The fourth-order valence-electron chi connectivity index (χ4n) is 3.27. The van der Waals surface area contributed by atoms with Crippen LogP contribution in [0, 0.1) is 5.82 Å². The van der Waals surface area contributed by atoms with Gasteiger partial charge in [-0.2, -0.15) is 0 Å². The van der Waals surface area contributed by atoms with Gasteiger partial charge in [0.1, 0.15) is 22.0 Å². The summed E-state index contributed by atoms with van der Waals surface area (Å²) < 4.78 is 53.2. The number of carbonyl (C=O) groups excluding carboxylic acids is 1. The average Bonchev–Trinajstić information content (AvgIpc) is 3.04. The molecule has 1 aliphatic heterocycles. The van der Waals surface area contributed by atoms with Crippen LogP contribution in [0.3, 0.4) is 0 Å². The number of hydrogen-bond donors (Lipinski definition) is 1. The van der Waals surface area contributed by atoms with Crippen molar-refractivity contribution < 1.29 is 26.8 Å². The molecule has 0 saturated carbocycles. The first-order chi connectivity index (χ1) is 14.7. The molecule has 164 valence electrons. The number of nitrogens with zero attached hydrogens (tertiary/aromatic N) is 1. The molecule has 1 saturated heterocycles. The Morgan fingerprint density at radius 1 is 1.26 bits per heavy atom. The molecule has 2 heterocycles.